The molecule has 0 atom stereocenters. The van der Waals surface area contributed by atoms with Gasteiger partial charge in [-0.1, -0.05) is 15.9 Å². The van der Waals surface area contributed by atoms with E-state index in [1.54, 1.807) is 0 Å². The van der Waals surface area contributed by atoms with Crippen molar-refractivity contribution in [3.05, 3.63) is 27.7 Å². The molecule has 0 aliphatic carbocycles. The molecule has 2 nitrogen and oxygen atoms in total. The molecule has 0 saturated heterocycles. The predicted molar refractivity (Wildman–Crippen MR) is 47.1 cm³/mol. The largest absolute Gasteiger partial charge is 0.184 e. The molecule has 2 rings (SSSR count). The Morgan fingerprint density at radius 1 is 1.45 bits per heavy atom. The molecule has 1 aliphatic rings. The van der Waals surface area contributed by atoms with Crippen molar-refractivity contribution in [1.82, 2.24) is 0 Å². The van der Waals surface area contributed by atoms with Crippen LogP contribution in [-0.4, -0.2) is 0 Å². The van der Waals surface area contributed by atoms with Crippen molar-refractivity contribution in [3.63, 3.8) is 0 Å². The molecule has 0 bridgehead atoms. The summed E-state index contributed by atoms with van der Waals surface area (Å²) in [6, 6.07) is 4.14. The molecule has 3 heteroatoms. The summed E-state index contributed by atoms with van der Waals surface area (Å²) in [7, 11) is 0. The SMILES string of the molecule is Cc1cc(Br)c2c(c1)N=NC2. The lowest BCUT2D eigenvalue weighted by Gasteiger charge is -2.00. The van der Waals surface area contributed by atoms with Crippen LogP contribution in [0, 0.1) is 6.92 Å². The van der Waals surface area contributed by atoms with E-state index in [4.69, 9.17) is 0 Å². The van der Waals surface area contributed by atoms with Crippen molar-refractivity contribution >= 4 is 21.6 Å². The van der Waals surface area contributed by atoms with Gasteiger partial charge < -0.3 is 0 Å². The van der Waals surface area contributed by atoms with Crippen LogP contribution in [0.4, 0.5) is 5.69 Å². The molecule has 0 saturated carbocycles. The first-order chi connectivity index (χ1) is 5.27. The van der Waals surface area contributed by atoms with Gasteiger partial charge in [-0.05, 0) is 24.6 Å². The van der Waals surface area contributed by atoms with Crippen LogP contribution in [0.5, 0.6) is 0 Å². The minimum Gasteiger partial charge on any atom is -0.184 e. The number of aryl methyl sites for hydroxylation is 1. The summed E-state index contributed by atoms with van der Waals surface area (Å²) >= 11 is 3.48. The quantitative estimate of drug-likeness (QED) is 0.628. The van der Waals surface area contributed by atoms with E-state index in [1.807, 2.05) is 0 Å². The summed E-state index contributed by atoms with van der Waals surface area (Å²) in [6.07, 6.45) is 0. The highest BCUT2D eigenvalue weighted by Gasteiger charge is 2.11. The van der Waals surface area contributed by atoms with Crippen molar-refractivity contribution in [2.45, 2.75) is 13.5 Å². The first-order valence-electron chi connectivity index (χ1n) is 3.44. The summed E-state index contributed by atoms with van der Waals surface area (Å²) in [6.45, 7) is 2.77. The Morgan fingerprint density at radius 3 is 3.09 bits per heavy atom. The number of azo groups is 1. The lowest BCUT2D eigenvalue weighted by molar-refractivity contribution is 1.04. The molecular weight excluding hydrogens is 204 g/mol. The van der Waals surface area contributed by atoms with Crippen LogP contribution in [0.15, 0.2) is 26.8 Å². The number of hydrogen-bond donors (Lipinski definition) is 0. The fourth-order valence-electron chi connectivity index (χ4n) is 1.18. The van der Waals surface area contributed by atoms with Gasteiger partial charge in [0.25, 0.3) is 0 Å². The molecule has 0 aromatic heterocycles. The van der Waals surface area contributed by atoms with E-state index >= 15 is 0 Å². The fraction of sp³-hybridized carbons (Fsp3) is 0.250. The molecular formula is C8H7BrN2. The van der Waals surface area contributed by atoms with Crippen LogP contribution in [0.25, 0.3) is 0 Å². The maximum Gasteiger partial charge on any atom is 0.0918 e. The minimum atomic E-state index is 0.718. The van der Waals surface area contributed by atoms with Crippen LogP contribution in [-0.2, 0) is 6.54 Å². The Bertz CT molecular complexity index is 331. The second-order valence-electron chi connectivity index (χ2n) is 2.64. The molecule has 0 radical (unpaired) electrons. The van der Waals surface area contributed by atoms with Crippen molar-refractivity contribution in [2.24, 2.45) is 10.2 Å². The number of rotatable bonds is 0. The van der Waals surface area contributed by atoms with Gasteiger partial charge in [0.05, 0.1) is 12.2 Å². The minimum absolute atomic E-state index is 0.718. The zero-order chi connectivity index (χ0) is 7.84. The highest BCUT2D eigenvalue weighted by atomic mass is 79.9. The molecule has 1 heterocycles. The number of fused-ring (bicyclic) bond motifs is 1. The van der Waals surface area contributed by atoms with Crippen LogP contribution in [0.2, 0.25) is 0 Å². The van der Waals surface area contributed by atoms with Gasteiger partial charge in [-0.15, -0.1) is 0 Å². The fourth-order valence-corrected chi connectivity index (χ4v) is 1.87. The first kappa shape index (κ1) is 6.98. The number of nitrogens with zero attached hydrogens (tertiary/aromatic N) is 2. The van der Waals surface area contributed by atoms with Crippen LogP contribution in [0.1, 0.15) is 11.1 Å². The molecule has 56 valence electrons. The molecule has 0 fully saturated rings. The van der Waals surface area contributed by atoms with E-state index in [9.17, 15) is 0 Å². The Kier molecular flexibility index (Phi) is 1.53. The maximum atomic E-state index is 4.02. The van der Waals surface area contributed by atoms with Crippen molar-refractivity contribution in [1.29, 1.82) is 0 Å². The number of benzene rings is 1. The van der Waals surface area contributed by atoms with Gasteiger partial charge in [0, 0.05) is 10.0 Å². The van der Waals surface area contributed by atoms with Gasteiger partial charge in [0.1, 0.15) is 0 Å². The summed E-state index contributed by atoms with van der Waals surface area (Å²) in [5, 5.41) is 7.96. The van der Waals surface area contributed by atoms with Gasteiger partial charge in [0.2, 0.25) is 0 Å². The Morgan fingerprint density at radius 2 is 2.27 bits per heavy atom. The van der Waals surface area contributed by atoms with Crippen LogP contribution in [0.3, 0.4) is 0 Å². The lowest BCUT2D eigenvalue weighted by Crippen LogP contribution is -1.80. The molecule has 0 N–H and O–H groups in total. The van der Waals surface area contributed by atoms with Gasteiger partial charge in [0.15, 0.2) is 0 Å². The Balaban J connectivity index is 2.66. The molecule has 1 aromatic carbocycles. The van der Waals surface area contributed by atoms with Gasteiger partial charge in [-0.3, -0.25) is 0 Å². The third kappa shape index (κ3) is 1.09. The second-order valence-corrected chi connectivity index (χ2v) is 3.50. The second kappa shape index (κ2) is 2.41. The molecule has 1 aromatic rings. The van der Waals surface area contributed by atoms with E-state index in [0.717, 1.165) is 16.7 Å². The summed E-state index contributed by atoms with van der Waals surface area (Å²) < 4.78 is 1.12. The van der Waals surface area contributed by atoms with E-state index < -0.39 is 0 Å². The average molecular weight is 211 g/mol. The molecule has 1 aliphatic heterocycles. The van der Waals surface area contributed by atoms with Crippen molar-refractivity contribution < 1.29 is 0 Å². The molecule has 0 unspecified atom stereocenters. The van der Waals surface area contributed by atoms with E-state index in [2.05, 4.69) is 45.2 Å². The standard InChI is InChI=1S/C8H7BrN2/c1-5-2-7(9)6-4-10-11-8(6)3-5/h2-3H,4H2,1H3. The zero-order valence-electron chi connectivity index (χ0n) is 6.13. The first-order valence-corrected chi connectivity index (χ1v) is 4.23. The number of hydrogen-bond acceptors (Lipinski definition) is 2. The van der Waals surface area contributed by atoms with E-state index in [1.165, 1.54) is 11.1 Å². The van der Waals surface area contributed by atoms with E-state index in [-0.39, 0.29) is 0 Å². The Hall–Kier alpha value is -0.700. The highest BCUT2D eigenvalue weighted by molar-refractivity contribution is 9.10. The number of halogens is 1. The van der Waals surface area contributed by atoms with E-state index in [0.29, 0.717) is 0 Å². The van der Waals surface area contributed by atoms with Crippen LogP contribution >= 0.6 is 15.9 Å². The Labute approximate surface area is 73.5 Å². The molecule has 0 spiro atoms. The lowest BCUT2D eigenvalue weighted by atomic mass is 10.1. The average Bonchev–Trinajstić information content (AvgIpc) is 2.34. The highest BCUT2D eigenvalue weighted by Crippen LogP contribution is 2.33. The third-order valence-electron chi connectivity index (χ3n) is 1.72. The topological polar surface area (TPSA) is 24.7 Å². The zero-order valence-corrected chi connectivity index (χ0v) is 7.72. The van der Waals surface area contributed by atoms with Gasteiger partial charge >= 0.3 is 0 Å². The monoisotopic (exact) mass is 210 g/mol. The van der Waals surface area contributed by atoms with Crippen molar-refractivity contribution in [2.75, 3.05) is 0 Å². The molecule has 0 amide bonds. The third-order valence-corrected chi connectivity index (χ3v) is 2.43. The van der Waals surface area contributed by atoms with Crippen LogP contribution < -0.4 is 0 Å². The van der Waals surface area contributed by atoms with Gasteiger partial charge in [-0.2, -0.15) is 10.2 Å². The predicted octanol–water partition coefficient (Wildman–Crippen LogP) is 3.35. The summed E-state index contributed by atoms with van der Waals surface area (Å²) in [5.41, 5.74) is 3.43. The van der Waals surface area contributed by atoms with Crippen molar-refractivity contribution in [3.8, 4) is 0 Å². The van der Waals surface area contributed by atoms with Gasteiger partial charge in [-0.25, -0.2) is 0 Å². The summed E-state index contributed by atoms with van der Waals surface area (Å²) in [5.74, 6) is 0. The molecule has 11 heavy (non-hydrogen) atoms. The maximum absolute atomic E-state index is 4.02. The normalized spacial score (nSPS) is 13.6. The summed E-state index contributed by atoms with van der Waals surface area (Å²) in [4.78, 5) is 0. The smallest absolute Gasteiger partial charge is 0.0918 e.